The lowest BCUT2D eigenvalue weighted by atomic mass is 10.2. The minimum absolute atomic E-state index is 0.000719. The molecule has 1 saturated heterocycles. The molecule has 0 atom stereocenters. The number of anilines is 1. The molecule has 28 heavy (non-hydrogen) atoms. The molecule has 0 bridgehead atoms. The van der Waals surface area contributed by atoms with Gasteiger partial charge in [-0.05, 0) is 38.3 Å². The van der Waals surface area contributed by atoms with E-state index < -0.39 is 17.9 Å². The highest BCUT2D eigenvalue weighted by molar-refractivity contribution is 7.20. The zero-order valence-corrected chi connectivity index (χ0v) is 16.7. The number of ether oxygens (including phenoxy) is 2. The number of fused-ring (bicyclic) bond motifs is 1. The van der Waals surface area contributed by atoms with E-state index in [0.29, 0.717) is 35.1 Å². The lowest BCUT2D eigenvalue weighted by Gasteiger charge is -2.37. The number of nitrogens with zero attached hydrogens (tertiary/aromatic N) is 3. The van der Waals surface area contributed by atoms with Gasteiger partial charge in [0.15, 0.2) is 0 Å². The van der Waals surface area contributed by atoms with E-state index in [9.17, 15) is 14.0 Å². The van der Waals surface area contributed by atoms with Crippen molar-refractivity contribution in [2.45, 2.75) is 33.1 Å². The van der Waals surface area contributed by atoms with E-state index in [-0.39, 0.29) is 12.3 Å². The van der Waals surface area contributed by atoms with Crippen LogP contribution in [-0.4, -0.2) is 53.4 Å². The van der Waals surface area contributed by atoms with Crippen LogP contribution in [0.1, 0.15) is 33.1 Å². The number of urea groups is 1. The summed E-state index contributed by atoms with van der Waals surface area (Å²) in [6.07, 6.45) is 1.76. The number of benzene rings is 1. The highest BCUT2D eigenvalue weighted by Crippen LogP contribution is 2.31. The fourth-order valence-electron chi connectivity index (χ4n) is 2.82. The van der Waals surface area contributed by atoms with Gasteiger partial charge in [-0.3, -0.25) is 0 Å². The highest BCUT2D eigenvalue weighted by atomic mass is 32.1. The van der Waals surface area contributed by atoms with Crippen LogP contribution in [0.5, 0.6) is 5.19 Å². The summed E-state index contributed by atoms with van der Waals surface area (Å²) in [7, 11) is 0. The number of hydrogen-bond donors (Lipinski definition) is 1. The number of thiazole rings is 1. The number of rotatable bonds is 5. The van der Waals surface area contributed by atoms with Crippen LogP contribution in [0, 0.1) is 5.82 Å². The third-order valence-corrected chi connectivity index (χ3v) is 5.05. The normalized spacial score (nSPS) is 14.2. The minimum Gasteiger partial charge on any atom is -0.470 e. The van der Waals surface area contributed by atoms with E-state index in [4.69, 9.17) is 9.47 Å². The second-order valence-corrected chi connectivity index (χ2v) is 7.20. The van der Waals surface area contributed by atoms with Crippen LogP contribution in [0.25, 0.3) is 10.2 Å². The molecule has 1 aliphatic heterocycles. The first kappa shape index (κ1) is 20.1. The Morgan fingerprint density at radius 3 is 2.71 bits per heavy atom. The van der Waals surface area contributed by atoms with Crippen molar-refractivity contribution in [1.29, 1.82) is 0 Å². The molecule has 152 valence electrons. The summed E-state index contributed by atoms with van der Waals surface area (Å²) in [5.74, 6) is -0.578. The van der Waals surface area contributed by atoms with Crippen molar-refractivity contribution in [2.75, 3.05) is 31.6 Å². The minimum atomic E-state index is -0.594. The van der Waals surface area contributed by atoms with E-state index in [2.05, 4.69) is 10.3 Å². The largest absolute Gasteiger partial charge is 0.470 e. The predicted octanol–water partition coefficient (Wildman–Crippen LogP) is 4.23. The molecule has 1 aromatic carbocycles. The van der Waals surface area contributed by atoms with Gasteiger partial charge in [-0.1, -0.05) is 18.3 Å². The summed E-state index contributed by atoms with van der Waals surface area (Å²) < 4.78 is 25.6. The third-order valence-electron chi connectivity index (χ3n) is 4.12. The number of amides is 3. The molecule has 1 N–H and O–H groups in total. The fourth-order valence-corrected chi connectivity index (χ4v) is 3.66. The van der Waals surface area contributed by atoms with E-state index in [0.717, 1.165) is 19.3 Å². The first-order valence-electron chi connectivity index (χ1n) is 9.29. The van der Waals surface area contributed by atoms with Crippen molar-refractivity contribution in [2.24, 2.45) is 0 Å². The van der Waals surface area contributed by atoms with E-state index >= 15 is 0 Å². The number of halogens is 1. The molecule has 3 amide bonds. The van der Waals surface area contributed by atoms with Gasteiger partial charge in [0.1, 0.15) is 5.82 Å². The van der Waals surface area contributed by atoms with Crippen LogP contribution in [0.2, 0.25) is 0 Å². The summed E-state index contributed by atoms with van der Waals surface area (Å²) >= 11 is 1.25. The van der Waals surface area contributed by atoms with Crippen LogP contribution >= 0.6 is 11.3 Å². The van der Waals surface area contributed by atoms with Crippen LogP contribution in [0.3, 0.4) is 0 Å². The Hall–Kier alpha value is -2.62. The van der Waals surface area contributed by atoms with Crippen molar-refractivity contribution < 1.29 is 23.5 Å². The summed E-state index contributed by atoms with van der Waals surface area (Å²) in [5.41, 5.74) is 0.535. The van der Waals surface area contributed by atoms with Crippen molar-refractivity contribution in [3.63, 3.8) is 0 Å². The van der Waals surface area contributed by atoms with Gasteiger partial charge >= 0.3 is 12.1 Å². The summed E-state index contributed by atoms with van der Waals surface area (Å²) in [4.78, 5) is 29.1. The Kier molecular flexibility index (Phi) is 6.50. The Labute approximate surface area is 166 Å². The Morgan fingerprint density at radius 2 is 2.00 bits per heavy atom. The molecule has 0 unspecified atom stereocenters. The number of carbonyl (C=O) groups excluding carboxylic acids is 2. The number of aromatic nitrogens is 1. The first-order chi connectivity index (χ1) is 13.5. The lowest BCUT2D eigenvalue weighted by Crippen LogP contribution is -2.54. The Bertz CT molecular complexity index is 859. The molecule has 0 saturated carbocycles. The van der Waals surface area contributed by atoms with E-state index in [1.165, 1.54) is 33.5 Å². The SMILES string of the molecule is CCCOc1nc2cc(NC(=O)N3CCCCN3C(=O)OCC)c(F)cc2s1. The van der Waals surface area contributed by atoms with Gasteiger partial charge in [-0.2, -0.15) is 0 Å². The molecular weight excluding hydrogens is 387 g/mol. The van der Waals surface area contributed by atoms with E-state index in [1.807, 2.05) is 6.92 Å². The van der Waals surface area contributed by atoms with Crippen LogP contribution < -0.4 is 10.1 Å². The van der Waals surface area contributed by atoms with Gasteiger partial charge in [0.25, 0.3) is 5.19 Å². The second kappa shape index (κ2) is 9.05. The molecule has 1 aliphatic rings. The molecule has 8 nitrogen and oxygen atoms in total. The van der Waals surface area contributed by atoms with Gasteiger partial charge in [-0.15, -0.1) is 0 Å². The molecule has 0 radical (unpaired) electrons. The first-order valence-corrected chi connectivity index (χ1v) is 10.1. The maximum atomic E-state index is 14.5. The summed E-state index contributed by atoms with van der Waals surface area (Å²) in [6.45, 7) is 5.15. The molecule has 3 rings (SSSR count). The highest BCUT2D eigenvalue weighted by Gasteiger charge is 2.30. The average molecular weight is 410 g/mol. The summed E-state index contributed by atoms with van der Waals surface area (Å²) in [5, 5.41) is 5.50. The van der Waals surface area contributed by atoms with Gasteiger partial charge in [-0.25, -0.2) is 29.0 Å². The average Bonchev–Trinajstić information content (AvgIpc) is 3.08. The lowest BCUT2D eigenvalue weighted by molar-refractivity contribution is -0.00726. The summed E-state index contributed by atoms with van der Waals surface area (Å²) in [6, 6.07) is 2.20. The van der Waals surface area contributed by atoms with Gasteiger partial charge in [0, 0.05) is 13.1 Å². The zero-order valence-electron chi connectivity index (χ0n) is 15.9. The predicted molar refractivity (Wildman–Crippen MR) is 104 cm³/mol. The van der Waals surface area contributed by atoms with Crippen molar-refractivity contribution in [3.05, 3.63) is 17.9 Å². The second-order valence-electron chi connectivity index (χ2n) is 6.21. The van der Waals surface area contributed by atoms with Crippen molar-refractivity contribution >= 4 is 39.4 Å². The van der Waals surface area contributed by atoms with Crippen LogP contribution in [0.4, 0.5) is 19.7 Å². The maximum Gasteiger partial charge on any atom is 0.428 e. The fraction of sp³-hybridized carbons (Fsp3) is 0.500. The van der Waals surface area contributed by atoms with Gasteiger partial charge < -0.3 is 14.8 Å². The monoisotopic (exact) mass is 410 g/mol. The van der Waals surface area contributed by atoms with Crippen molar-refractivity contribution in [3.8, 4) is 5.19 Å². The maximum absolute atomic E-state index is 14.5. The number of nitrogens with one attached hydrogen (secondary N) is 1. The van der Waals surface area contributed by atoms with Gasteiger partial charge in [0.05, 0.1) is 29.1 Å². The van der Waals surface area contributed by atoms with Crippen LogP contribution in [-0.2, 0) is 4.74 Å². The topological polar surface area (TPSA) is 84.0 Å². The Morgan fingerprint density at radius 1 is 1.25 bits per heavy atom. The van der Waals surface area contributed by atoms with Crippen molar-refractivity contribution in [1.82, 2.24) is 15.0 Å². The molecule has 1 aromatic heterocycles. The number of carbonyl (C=O) groups is 2. The number of hydrogen-bond acceptors (Lipinski definition) is 6. The molecule has 2 heterocycles. The Balaban J connectivity index is 1.77. The molecule has 10 heteroatoms. The molecule has 2 aromatic rings. The zero-order chi connectivity index (χ0) is 20.1. The molecule has 0 aliphatic carbocycles. The quantitative estimate of drug-likeness (QED) is 0.798. The standard InChI is InChI=1S/C18H23FN4O4S/c1-3-9-27-17-21-14-11-13(12(19)10-15(14)28-17)20-16(24)22-7-5-6-8-23(22)18(25)26-4-2/h10-11H,3-9H2,1-2H3,(H,20,24). The van der Waals surface area contributed by atoms with E-state index in [1.54, 1.807) is 6.92 Å². The third kappa shape index (κ3) is 4.44. The van der Waals surface area contributed by atoms with Crippen LogP contribution in [0.15, 0.2) is 12.1 Å². The number of hydrazine groups is 1. The smallest absolute Gasteiger partial charge is 0.428 e. The molecule has 0 spiro atoms. The molecule has 1 fully saturated rings. The van der Waals surface area contributed by atoms with Gasteiger partial charge in [0.2, 0.25) is 0 Å². The molecular formula is C18H23FN4O4S.